The average molecular weight is 803 g/mol. The quantitative estimate of drug-likeness (QED) is 0.188. The lowest BCUT2D eigenvalue weighted by molar-refractivity contribution is -0.145. The minimum Gasteiger partial charge on any atom is -0.496 e. The number of hydrogen-bond donors (Lipinski definition) is 4. The maximum atomic E-state index is 14.6. The predicted octanol–water partition coefficient (Wildman–Crippen LogP) is 5.89. The van der Waals surface area contributed by atoms with E-state index in [0.717, 1.165) is 50.5 Å². The van der Waals surface area contributed by atoms with Gasteiger partial charge in [0.2, 0.25) is 17.7 Å². The van der Waals surface area contributed by atoms with Crippen molar-refractivity contribution in [2.45, 2.75) is 121 Å². The summed E-state index contributed by atoms with van der Waals surface area (Å²) in [4.78, 5) is 77.6. The van der Waals surface area contributed by atoms with E-state index in [1.165, 1.54) is 16.2 Å². The van der Waals surface area contributed by atoms with Gasteiger partial charge in [-0.2, -0.15) is 0 Å². The molecule has 0 radical (unpaired) electrons. The number of methoxy groups -OCH3 is 1. The molecule has 2 aliphatic carbocycles. The van der Waals surface area contributed by atoms with E-state index in [-0.39, 0.29) is 37.3 Å². The highest BCUT2D eigenvalue weighted by atomic mass is 32.1. The van der Waals surface area contributed by atoms with Crippen molar-refractivity contribution in [1.29, 1.82) is 0 Å². The minimum absolute atomic E-state index is 0.00559. The smallest absolute Gasteiger partial charge is 0.408 e. The number of aromatic nitrogens is 2. The summed E-state index contributed by atoms with van der Waals surface area (Å²) in [6.07, 6.45) is 9.71. The van der Waals surface area contributed by atoms with Crippen molar-refractivity contribution in [3.05, 3.63) is 41.3 Å². The highest BCUT2D eigenvalue weighted by Crippen LogP contribution is 2.46. The number of ether oxygens (including phenoxy) is 3. The third-order valence-electron chi connectivity index (χ3n) is 11.5. The fourth-order valence-electron chi connectivity index (χ4n) is 8.15. The zero-order valence-electron chi connectivity index (χ0n) is 32.5. The van der Waals surface area contributed by atoms with Crippen molar-refractivity contribution in [3.8, 4) is 22.9 Å². The normalized spacial score (nSPS) is 26.0. The van der Waals surface area contributed by atoms with E-state index in [1.54, 1.807) is 25.5 Å². The van der Waals surface area contributed by atoms with Crippen LogP contribution in [0.15, 0.2) is 35.7 Å². The van der Waals surface area contributed by atoms with Crippen LogP contribution in [0.4, 0.5) is 9.93 Å². The molecule has 4 amide bonds. The molecule has 4 aliphatic rings. The summed E-state index contributed by atoms with van der Waals surface area (Å²) >= 11 is 1.27. The van der Waals surface area contributed by atoms with Gasteiger partial charge in [0.15, 0.2) is 5.13 Å². The molecule has 3 aromatic rings. The second-order valence-corrected chi connectivity index (χ2v) is 16.2. The van der Waals surface area contributed by atoms with Crippen LogP contribution in [0.3, 0.4) is 0 Å². The molecular formula is C41H50N6O9S. The van der Waals surface area contributed by atoms with Crippen molar-refractivity contribution in [1.82, 2.24) is 25.5 Å². The number of alkyl carbamates (subject to hydrolysis) is 1. The minimum atomic E-state index is -1.47. The predicted molar refractivity (Wildman–Crippen MR) is 212 cm³/mol. The Balaban J connectivity index is 1.22. The summed E-state index contributed by atoms with van der Waals surface area (Å²) in [5.74, 6) is -1.68. The Morgan fingerprint density at radius 3 is 2.58 bits per heavy atom. The number of pyridine rings is 1. The van der Waals surface area contributed by atoms with Crippen LogP contribution < -0.4 is 25.4 Å². The Morgan fingerprint density at radius 2 is 1.82 bits per heavy atom. The summed E-state index contributed by atoms with van der Waals surface area (Å²) < 4.78 is 18.0. The van der Waals surface area contributed by atoms with Crippen LogP contribution in [0.1, 0.15) is 89.5 Å². The van der Waals surface area contributed by atoms with E-state index in [4.69, 9.17) is 19.2 Å². The molecule has 2 saturated carbocycles. The molecule has 57 heavy (non-hydrogen) atoms. The number of aryl methyl sites for hydroxylation is 1. The number of carbonyl (C=O) groups is 5. The van der Waals surface area contributed by atoms with Gasteiger partial charge < -0.3 is 40.2 Å². The van der Waals surface area contributed by atoms with Crippen molar-refractivity contribution in [2.75, 3.05) is 19.0 Å². The summed E-state index contributed by atoms with van der Waals surface area (Å²) in [7, 11) is 1.57. The number of thiazole rings is 1. The summed E-state index contributed by atoms with van der Waals surface area (Å²) in [6, 6.07) is 3.35. The van der Waals surface area contributed by atoms with Gasteiger partial charge in [-0.3, -0.25) is 14.4 Å². The van der Waals surface area contributed by atoms with Crippen LogP contribution >= 0.6 is 11.3 Å². The molecule has 1 saturated heterocycles. The van der Waals surface area contributed by atoms with Gasteiger partial charge in [-0.1, -0.05) is 31.9 Å². The largest absolute Gasteiger partial charge is 0.496 e. The van der Waals surface area contributed by atoms with Crippen LogP contribution in [0.5, 0.6) is 11.5 Å². The summed E-state index contributed by atoms with van der Waals surface area (Å²) in [5, 5.41) is 21.6. The highest BCUT2D eigenvalue weighted by molar-refractivity contribution is 7.14. The topological polar surface area (TPSA) is 198 Å². The molecule has 5 atom stereocenters. The first kappa shape index (κ1) is 40.0. The first-order valence-electron chi connectivity index (χ1n) is 19.9. The number of nitrogens with one attached hydrogen (secondary N) is 3. The molecule has 0 unspecified atom stereocenters. The lowest BCUT2D eigenvalue weighted by Gasteiger charge is -2.29. The van der Waals surface area contributed by atoms with E-state index in [0.29, 0.717) is 58.2 Å². The van der Waals surface area contributed by atoms with Crippen molar-refractivity contribution < 1.29 is 43.3 Å². The second-order valence-electron chi connectivity index (χ2n) is 15.4. The molecular weight excluding hydrogens is 753 g/mol. The van der Waals surface area contributed by atoms with Crippen molar-refractivity contribution in [3.63, 3.8) is 0 Å². The van der Waals surface area contributed by atoms with Gasteiger partial charge >= 0.3 is 12.1 Å². The van der Waals surface area contributed by atoms with E-state index < -0.39 is 47.6 Å². The van der Waals surface area contributed by atoms with Crippen LogP contribution in [0, 0.1) is 12.8 Å². The molecule has 7 rings (SSSR count). The zero-order valence-corrected chi connectivity index (χ0v) is 33.3. The van der Waals surface area contributed by atoms with Crippen LogP contribution in [0.25, 0.3) is 22.3 Å². The third kappa shape index (κ3) is 8.70. The van der Waals surface area contributed by atoms with E-state index in [2.05, 4.69) is 20.9 Å². The number of hydrogen-bond acceptors (Lipinski definition) is 11. The Morgan fingerprint density at radius 1 is 1.04 bits per heavy atom. The molecule has 1 aromatic carbocycles. The molecule has 16 heteroatoms. The van der Waals surface area contributed by atoms with Gasteiger partial charge in [0.25, 0.3) is 0 Å². The monoisotopic (exact) mass is 802 g/mol. The van der Waals surface area contributed by atoms with E-state index in [9.17, 15) is 29.1 Å². The Labute approximate surface area is 334 Å². The number of nitrogens with zero attached hydrogens (tertiary/aromatic N) is 3. The van der Waals surface area contributed by atoms with E-state index >= 15 is 0 Å². The lowest BCUT2D eigenvalue weighted by atomic mass is 10.0. The lowest BCUT2D eigenvalue weighted by Crippen LogP contribution is -2.56. The molecule has 15 nitrogen and oxygen atoms in total. The average Bonchev–Trinajstić information content (AvgIpc) is 3.62. The number of allylic oxidation sites excluding steroid dienone is 1. The first-order chi connectivity index (χ1) is 27.5. The number of anilines is 1. The molecule has 4 heterocycles. The van der Waals surface area contributed by atoms with Crippen molar-refractivity contribution in [2.24, 2.45) is 5.92 Å². The van der Waals surface area contributed by atoms with Crippen molar-refractivity contribution >= 4 is 57.2 Å². The summed E-state index contributed by atoms with van der Waals surface area (Å²) in [6.45, 7) is 3.63. The number of carboxylic acid groups (broad SMARTS) is 1. The third-order valence-corrected chi connectivity index (χ3v) is 12.2. The molecule has 4 N–H and O–H groups in total. The maximum Gasteiger partial charge on any atom is 0.408 e. The van der Waals surface area contributed by atoms with Crippen LogP contribution in [0.2, 0.25) is 0 Å². The van der Waals surface area contributed by atoms with Gasteiger partial charge in [0.1, 0.15) is 47.0 Å². The molecule has 0 bridgehead atoms. The fourth-order valence-corrected chi connectivity index (χ4v) is 8.87. The number of aliphatic carboxylic acids is 1. The number of amides is 4. The maximum absolute atomic E-state index is 14.6. The first-order valence-corrected chi connectivity index (χ1v) is 20.8. The van der Waals surface area contributed by atoms with Gasteiger partial charge in [-0.15, -0.1) is 11.3 Å². The number of fused-ring (bicyclic) bond motifs is 3. The van der Waals surface area contributed by atoms with Crippen LogP contribution in [-0.2, 0) is 23.9 Å². The van der Waals surface area contributed by atoms with Gasteiger partial charge in [0, 0.05) is 41.2 Å². The molecule has 2 aliphatic heterocycles. The Hall–Kier alpha value is -5.25. The van der Waals surface area contributed by atoms with E-state index in [1.807, 2.05) is 31.2 Å². The SMILES string of the molecule is CCC(=O)Nc1nc(-c2cc(O[C@@H]3C[C@H]4C(=O)N[C@]5(C(=O)O)C[C@H]5/C=C\CCCCC[C@H](NC(=O)OC5CCCC5)C(=O)N4C3)c3ccc(OC)c(C)c3n2)cs1. The highest BCUT2D eigenvalue weighted by Gasteiger charge is 2.61. The summed E-state index contributed by atoms with van der Waals surface area (Å²) in [5.41, 5.74) is 0.872. The van der Waals surface area contributed by atoms with Gasteiger partial charge in [-0.25, -0.2) is 19.6 Å². The standard InChI is InChI=1S/C41H50N6O9S/c1-4-34(48)45-39-43-30(22-57-39)29-19-33(27-16-17-32(54-3)23(2)35(27)42-29)55-26-18-31-36(49)46-41(38(51)52)20-24(41)12-8-6-5-7-9-15-28(37(50)47(31)21-26)44-40(53)56-25-13-10-11-14-25/h8,12,16-17,19,22,24-26,28,31H,4-7,9-11,13-15,18,20-21H2,1-3H3,(H,44,53)(H,46,49)(H,51,52)(H,43,45,48)/b12-8-/t24-,26-,28+,31+,41-/m1/s1. The number of benzene rings is 1. The molecule has 3 fully saturated rings. The second kappa shape index (κ2) is 17.1. The van der Waals surface area contributed by atoms with Gasteiger partial charge in [0.05, 0.1) is 24.9 Å². The van der Waals surface area contributed by atoms with Gasteiger partial charge in [-0.05, 0) is 70.4 Å². The molecule has 2 aromatic heterocycles. The number of carbonyl (C=O) groups excluding carboxylic acids is 4. The zero-order chi connectivity index (χ0) is 40.3. The molecule has 304 valence electrons. The molecule has 0 spiro atoms. The van der Waals surface area contributed by atoms with Crippen LogP contribution in [-0.4, -0.2) is 93.2 Å². The number of rotatable bonds is 9. The Bertz CT molecular complexity index is 2060. The fraction of sp³-hybridized carbons (Fsp3) is 0.537. The Kier molecular flexibility index (Phi) is 12.0. The number of carboxylic acids is 1.